The van der Waals surface area contributed by atoms with Gasteiger partial charge in [0.1, 0.15) is 5.82 Å². The molecule has 0 spiro atoms. The number of ether oxygens (including phenoxy) is 3. The first-order valence-corrected chi connectivity index (χ1v) is 16.2. The average Bonchev–Trinajstić information content (AvgIpc) is 3.14. The maximum absolute atomic E-state index is 13.0. The Bertz CT molecular complexity index is 1640. The highest BCUT2D eigenvalue weighted by Crippen LogP contribution is 2.40. The molecule has 1 aromatic heterocycles. The van der Waals surface area contributed by atoms with Gasteiger partial charge in [0, 0.05) is 68.8 Å². The molecule has 1 aliphatic rings. The summed E-state index contributed by atoms with van der Waals surface area (Å²) in [6.07, 6.45) is 10.5. The number of aliphatic carboxylic acids is 4. The fourth-order valence-electron chi connectivity index (χ4n) is 4.90. The van der Waals surface area contributed by atoms with Crippen molar-refractivity contribution in [1.29, 1.82) is 0 Å². The lowest BCUT2D eigenvalue weighted by Crippen LogP contribution is -2.46. The van der Waals surface area contributed by atoms with Crippen LogP contribution in [-0.4, -0.2) is 113 Å². The third-order valence-corrected chi connectivity index (χ3v) is 7.42. The number of methoxy groups -OCH3 is 3. The molecule has 1 aliphatic heterocycles. The van der Waals surface area contributed by atoms with Crippen molar-refractivity contribution in [3.63, 3.8) is 0 Å². The van der Waals surface area contributed by atoms with Gasteiger partial charge in [-0.05, 0) is 66.9 Å². The number of unbranched alkanes of at least 4 members (excludes halogenated alkanes) is 1. The van der Waals surface area contributed by atoms with E-state index in [-0.39, 0.29) is 5.82 Å². The zero-order chi connectivity index (χ0) is 39.2. The fraction of sp³-hybridized carbons (Fsp3) is 0.289. The lowest BCUT2D eigenvalue weighted by molar-refractivity contribution is -0.134. The Morgan fingerprint density at radius 1 is 0.736 bits per heavy atom. The van der Waals surface area contributed by atoms with Crippen LogP contribution in [0, 0.1) is 5.82 Å². The van der Waals surface area contributed by atoms with E-state index in [2.05, 4.69) is 39.1 Å². The molecule has 15 heteroatoms. The molecule has 3 aromatic rings. The van der Waals surface area contributed by atoms with E-state index in [1.165, 1.54) is 17.7 Å². The number of carboxylic acid groups (broad SMARTS) is 4. The summed E-state index contributed by atoms with van der Waals surface area (Å²) < 4.78 is 29.5. The highest BCUT2D eigenvalue weighted by molar-refractivity contribution is 5.90. The molecular formula is C38H44FN3O11. The molecule has 1 fully saturated rings. The van der Waals surface area contributed by atoms with Crippen LogP contribution >= 0.6 is 0 Å². The van der Waals surface area contributed by atoms with Crippen molar-refractivity contribution in [3.8, 4) is 28.5 Å². The molecular weight excluding hydrogens is 693 g/mol. The van der Waals surface area contributed by atoms with Crippen molar-refractivity contribution in [2.45, 2.75) is 19.4 Å². The Balaban J connectivity index is 0.000000506. The molecule has 0 unspecified atom stereocenters. The molecule has 0 amide bonds. The van der Waals surface area contributed by atoms with Gasteiger partial charge < -0.3 is 39.5 Å². The van der Waals surface area contributed by atoms with Gasteiger partial charge in [0.15, 0.2) is 11.5 Å². The number of nitrogens with zero attached hydrogens (tertiary/aromatic N) is 3. The number of allylic oxidation sites excluding steroid dienone is 1. The SMILES string of the molecule is COc1cc(-c2cc(CN3CCN(CCCC=Cc4ccc(F)cc4)CC3)ccn2)cc(OC)c1OC.O=C(O)C=CC(=O)O.O=C(O)C=CC(=O)O. The van der Waals surface area contributed by atoms with Crippen LogP contribution in [0.4, 0.5) is 4.39 Å². The predicted octanol–water partition coefficient (Wildman–Crippen LogP) is 4.95. The molecule has 53 heavy (non-hydrogen) atoms. The zero-order valence-electron chi connectivity index (χ0n) is 29.7. The maximum atomic E-state index is 13.0. The van der Waals surface area contributed by atoms with Gasteiger partial charge in [0.2, 0.25) is 5.75 Å². The predicted molar refractivity (Wildman–Crippen MR) is 195 cm³/mol. The molecule has 0 atom stereocenters. The molecule has 14 nitrogen and oxygen atoms in total. The van der Waals surface area contributed by atoms with Gasteiger partial charge >= 0.3 is 23.9 Å². The summed E-state index contributed by atoms with van der Waals surface area (Å²) in [6.45, 7) is 6.25. The standard InChI is InChI=1S/C30H36FN3O3.2C4H4O4/c1-35-28-20-25(21-29(36-2)30(28)37-3)27-19-24(12-13-32-27)22-34-17-15-33(16-18-34)14-6-4-5-7-23-8-10-26(31)11-9-23;2*5-3(6)1-2-4(7)8/h5,7-13,19-21H,4,6,14-18,22H2,1-3H3;2*1-2H,(H,5,6)(H,7,8). The number of pyridine rings is 1. The van der Waals surface area contributed by atoms with Crippen LogP contribution in [0.15, 0.2) is 85.1 Å². The van der Waals surface area contributed by atoms with Crippen molar-refractivity contribution >= 4 is 30.0 Å². The van der Waals surface area contributed by atoms with Gasteiger partial charge in [-0.1, -0.05) is 24.3 Å². The molecule has 4 N–H and O–H groups in total. The van der Waals surface area contributed by atoms with E-state index in [9.17, 15) is 23.6 Å². The van der Waals surface area contributed by atoms with Crippen LogP contribution in [0.1, 0.15) is 24.0 Å². The summed E-state index contributed by atoms with van der Waals surface area (Å²) in [5.74, 6) is -3.41. The van der Waals surface area contributed by atoms with Gasteiger partial charge in [0.25, 0.3) is 0 Å². The Kier molecular flexibility index (Phi) is 19.0. The smallest absolute Gasteiger partial charge is 0.328 e. The summed E-state index contributed by atoms with van der Waals surface area (Å²) in [5, 5.41) is 31.2. The number of piperazine rings is 1. The van der Waals surface area contributed by atoms with Gasteiger partial charge in [-0.15, -0.1) is 0 Å². The third kappa shape index (κ3) is 17.1. The van der Waals surface area contributed by atoms with Gasteiger partial charge in [0.05, 0.1) is 27.0 Å². The molecule has 0 aliphatic carbocycles. The minimum atomic E-state index is -1.26. The second-order valence-electron chi connectivity index (χ2n) is 11.2. The Hall–Kier alpha value is -6.06. The number of benzene rings is 2. The molecule has 2 heterocycles. The molecule has 0 bridgehead atoms. The number of carbonyl (C=O) groups is 4. The van der Waals surface area contributed by atoms with E-state index in [0.29, 0.717) is 41.6 Å². The van der Waals surface area contributed by atoms with Crippen molar-refractivity contribution in [2.24, 2.45) is 0 Å². The first kappa shape index (κ1) is 43.1. The number of rotatable bonds is 15. The summed E-state index contributed by atoms with van der Waals surface area (Å²) in [6, 6.07) is 14.7. The number of carboxylic acids is 4. The molecule has 0 saturated carbocycles. The fourth-order valence-corrected chi connectivity index (χ4v) is 4.90. The Morgan fingerprint density at radius 2 is 1.25 bits per heavy atom. The molecule has 284 valence electrons. The Labute approximate surface area is 306 Å². The van der Waals surface area contributed by atoms with Crippen LogP contribution in [0.3, 0.4) is 0 Å². The minimum Gasteiger partial charge on any atom is -0.493 e. The molecule has 0 radical (unpaired) electrons. The van der Waals surface area contributed by atoms with E-state index in [1.807, 2.05) is 30.5 Å². The van der Waals surface area contributed by atoms with Gasteiger partial charge in [-0.25, -0.2) is 23.6 Å². The largest absolute Gasteiger partial charge is 0.493 e. The zero-order valence-corrected chi connectivity index (χ0v) is 29.7. The molecule has 1 saturated heterocycles. The van der Waals surface area contributed by atoms with E-state index in [1.54, 1.807) is 21.3 Å². The monoisotopic (exact) mass is 737 g/mol. The summed E-state index contributed by atoms with van der Waals surface area (Å²) in [4.78, 5) is 47.8. The minimum absolute atomic E-state index is 0.195. The van der Waals surface area contributed by atoms with Crippen LogP contribution in [0.25, 0.3) is 17.3 Å². The summed E-state index contributed by atoms with van der Waals surface area (Å²) >= 11 is 0. The highest BCUT2D eigenvalue weighted by Gasteiger charge is 2.18. The number of halogens is 1. The highest BCUT2D eigenvalue weighted by atomic mass is 19.1. The molecule has 4 rings (SSSR count). The van der Waals surface area contributed by atoms with Gasteiger partial charge in [-0.3, -0.25) is 9.88 Å². The second-order valence-corrected chi connectivity index (χ2v) is 11.2. The van der Waals surface area contributed by atoms with Crippen molar-refractivity contribution in [3.05, 3.63) is 102 Å². The molecule has 2 aromatic carbocycles. The van der Waals surface area contributed by atoms with E-state index in [4.69, 9.17) is 34.6 Å². The van der Waals surface area contributed by atoms with E-state index < -0.39 is 23.9 Å². The Morgan fingerprint density at radius 3 is 1.72 bits per heavy atom. The first-order valence-electron chi connectivity index (χ1n) is 16.2. The third-order valence-electron chi connectivity index (χ3n) is 7.42. The normalized spacial score (nSPS) is 13.1. The first-order chi connectivity index (χ1) is 25.3. The van der Waals surface area contributed by atoms with Crippen molar-refractivity contribution < 1.29 is 58.2 Å². The number of aromatic nitrogens is 1. The maximum Gasteiger partial charge on any atom is 0.328 e. The van der Waals surface area contributed by atoms with Gasteiger partial charge in [-0.2, -0.15) is 0 Å². The van der Waals surface area contributed by atoms with Crippen LogP contribution in [0.5, 0.6) is 17.2 Å². The quantitative estimate of drug-likeness (QED) is 0.121. The van der Waals surface area contributed by atoms with Crippen LogP contribution in [-0.2, 0) is 25.7 Å². The second kappa shape index (κ2) is 23.4. The van der Waals surface area contributed by atoms with Crippen molar-refractivity contribution in [1.82, 2.24) is 14.8 Å². The number of hydrogen-bond acceptors (Lipinski definition) is 10. The number of hydrogen-bond donors (Lipinski definition) is 4. The average molecular weight is 738 g/mol. The summed E-state index contributed by atoms with van der Waals surface area (Å²) in [5.41, 5.74) is 4.08. The van der Waals surface area contributed by atoms with Crippen LogP contribution in [0.2, 0.25) is 0 Å². The van der Waals surface area contributed by atoms with Crippen LogP contribution < -0.4 is 14.2 Å². The lowest BCUT2D eigenvalue weighted by Gasteiger charge is -2.34. The lowest BCUT2D eigenvalue weighted by atomic mass is 10.1. The summed E-state index contributed by atoms with van der Waals surface area (Å²) in [7, 11) is 4.84. The topological polar surface area (TPSA) is 196 Å². The van der Waals surface area contributed by atoms with Crippen molar-refractivity contribution in [2.75, 3.05) is 54.1 Å². The van der Waals surface area contributed by atoms with E-state index in [0.717, 1.165) is 68.9 Å². The van der Waals surface area contributed by atoms with E-state index >= 15 is 0 Å².